The number of methoxy groups -OCH3 is 2. The van der Waals surface area contributed by atoms with Crippen molar-refractivity contribution in [1.82, 2.24) is 9.55 Å². The minimum absolute atomic E-state index is 0.0308. The van der Waals surface area contributed by atoms with Crippen LogP contribution in [0, 0.1) is 0 Å². The topological polar surface area (TPSA) is 138 Å². The van der Waals surface area contributed by atoms with E-state index in [1.807, 2.05) is 91.0 Å². The predicted octanol–water partition coefficient (Wildman–Crippen LogP) is 2.44. The molecule has 0 aliphatic carbocycles. The van der Waals surface area contributed by atoms with Crippen molar-refractivity contribution in [3.05, 3.63) is 130 Å². The van der Waals surface area contributed by atoms with E-state index in [4.69, 9.17) is 24.7 Å². The molecule has 0 unspecified atom stereocenters. The number of nitrogens with two attached hydrogens (primary N) is 1. The van der Waals surface area contributed by atoms with E-state index in [2.05, 4.69) is 4.98 Å². The minimum Gasteiger partial charge on any atom is -0.387 e. The summed E-state index contributed by atoms with van der Waals surface area (Å²) in [4.78, 5) is 16.1. The second-order valence-electron chi connectivity index (χ2n) is 9.71. The van der Waals surface area contributed by atoms with Crippen LogP contribution in [-0.2, 0) is 24.4 Å². The molecule has 1 aromatic heterocycles. The summed E-state index contributed by atoms with van der Waals surface area (Å²) in [6, 6.07) is 30.5. The average Bonchev–Trinajstić information content (AvgIpc) is 3.29. The molecule has 0 saturated carbocycles. The molecule has 2 heterocycles. The molecule has 1 aliphatic heterocycles. The number of rotatable bonds is 10. The summed E-state index contributed by atoms with van der Waals surface area (Å²) in [5.41, 5.74) is 6.19. The first kappa shape index (κ1) is 28.6. The van der Waals surface area contributed by atoms with Crippen LogP contribution < -0.4 is 11.4 Å². The van der Waals surface area contributed by atoms with Crippen molar-refractivity contribution in [1.29, 1.82) is 0 Å². The first-order valence-corrected chi connectivity index (χ1v) is 13.1. The molecule has 1 saturated heterocycles. The van der Waals surface area contributed by atoms with Crippen molar-refractivity contribution in [3.63, 3.8) is 0 Å². The highest BCUT2D eigenvalue weighted by molar-refractivity contribution is 5.52. The molecule has 4 N–H and O–H groups in total. The van der Waals surface area contributed by atoms with Crippen molar-refractivity contribution in [3.8, 4) is 0 Å². The predicted molar refractivity (Wildman–Crippen MR) is 151 cm³/mol. The van der Waals surface area contributed by atoms with Gasteiger partial charge in [-0.3, -0.25) is 4.57 Å². The van der Waals surface area contributed by atoms with E-state index in [1.165, 1.54) is 26.5 Å². The van der Waals surface area contributed by atoms with Gasteiger partial charge < -0.3 is 34.9 Å². The maximum atomic E-state index is 12.4. The molecule has 214 valence electrons. The van der Waals surface area contributed by atoms with E-state index in [1.54, 1.807) is 0 Å². The van der Waals surface area contributed by atoms with Crippen LogP contribution in [0.25, 0.3) is 0 Å². The van der Waals surface area contributed by atoms with Crippen LogP contribution in [0.2, 0.25) is 0 Å². The number of benzene rings is 3. The molecule has 41 heavy (non-hydrogen) atoms. The van der Waals surface area contributed by atoms with Gasteiger partial charge in [-0.1, -0.05) is 91.0 Å². The maximum Gasteiger partial charge on any atom is 0.351 e. The van der Waals surface area contributed by atoms with E-state index in [0.29, 0.717) is 0 Å². The van der Waals surface area contributed by atoms with E-state index in [9.17, 15) is 15.0 Å². The van der Waals surface area contributed by atoms with Crippen LogP contribution in [0.3, 0.4) is 0 Å². The standard InChI is InChI=1S/C31H33N3O7/c1-38-31(39-2,40-20-24-26(35)27(36)28(41-24)34-19-18-25(32)33-29(34)37)30(21-12-6-3-7-13-21,22-14-8-4-9-15-22)23-16-10-5-11-17-23/h3-19,24,26-28,35-36H,20H2,1-2H3,(H2,32,33,37)/t24-,26-,27-,28-/m1/s1. The molecular weight excluding hydrogens is 526 g/mol. The van der Waals surface area contributed by atoms with Gasteiger partial charge in [0, 0.05) is 20.4 Å². The Bertz CT molecular complexity index is 1380. The Balaban J connectivity index is 1.59. The van der Waals surface area contributed by atoms with Crippen molar-refractivity contribution >= 4 is 5.82 Å². The molecule has 1 aliphatic rings. The summed E-state index contributed by atoms with van der Waals surface area (Å²) in [5, 5.41) is 21.7. The Morgan fingerprint density at radius 3 is 1.76 bits per heavy atom. The maximum absolute atomic E-state index is 12.4. The van der Waals surface area contributed by atoms with Gasteiger partial charge in [0.2, 0.25) is 0 Å². The quantitative estimate of drug-likeness (QED) is 0.198. The molecule has 5 rings (SSSR count). The Morgan fingerprint density at radius 1 is 0.829 bits per heavy atom. The second-order valence-corrected chi connectivity index (χ2v) is 9.71. The molecule has 10 nitrogen and oxygen atoms in total. The zero-order valence-electron chi connectivity index (χ0n) is 22.7. The number of nitrogens with zero attached hydrogens (tertiary/aromatic N) is 2. The summed E-state index contributed by atoms with van der Waals surface area (Å²) in [6.07, 6.45) is -3.73. The number of aliphatic hydroxyl groups excluding tert-OH is 2. The largest absolute Gasteiger partial charge is 0.387 e. The Hall–Kier alpha value is -3.90. The van der Waals surface area contributed by atoms with Crippen molar-refractivity contribution < 1.29 is 29.2 Å². The highest BCUT2D eigenvalue weighted by Gasteiger charge is 2.59. The summed E-state index contributed by atoms with van der Waals surface area (Å²) in [7, 11) is 2.96. The first-order chi connectivity index (χ1) is 19.9. The fourth-order valence-corrected chi connectivity index (χ4v) is 5.62. The molecule has 0 radical (unpaired) electrons. The van der Waals surface area contributed by atoms with Gasteiger partial charge in [-0.2, -0.15) is 4.98 Å². The zero-order valence-corrected chi connectivity index (χ0v) is 22.7. The Labute approximate surface area is 237 Å². The number of anilines is 1. The highest BCUT2D eigenvalue weighted by Crippen LogP contribution is 2.50. The number of nitrogen functional groups attached to an aromatic ring is 1. The molecule has 4 atom stereocenters. The van der Waals surface area contributed by atoms with Gasteiger partial charge in [-0.05, 0) is 22.8 Å². The number of hydrogen-bond acceptors (Lipinski definition) is 9. The number of aromatic nitrogens is 2. The number of hydrogen-bond donors (Lipinski definition) is 3. The van der Waals surface area contributed by atoms with Gasteiger partial charge in [-0.15, -0.1) is 0 Å². The molecule has 3 aromatic carbocycles. The third-order valence-corrected chi connectivity index (χ3v) is 7.52. The lowest BCUT2D eigenvalue weighted by Crippen LogP contribution is -2.58. The van der Waals surface area contributed by atoms with Crippen molar-refractivity contribution in [2.75, 3.05) is 26.6 Å². The number of aliphatic hydroxyl groups is 2. The summed E-state index contributed by atoms with van der Waals surface area (Å²) < 4.78 is 25.9. The van der Waals surface area contributed by atoms with Crippen LogP contribution in [0.5, 0.6) is 0 Å². The smallest absolute Gasteiger partial charge is 0.351 e. The molecular formula is C31H33N3O7. The van der Waals surface area contributed by atoms with Crippen LogP contribution in [0.1, 0.15) is 22.9 Å². The van der Waals surface area contributed by atoms with Gasteiger partial charge in [-0.25, -0.2) is 4.79 Å². The molecule has 0 amide bonds. The van der Waals surface area contributed by atoms with Crippen LogP contribution in [0.4, 0.5) is 5.82 Å². The third kappa shape index (κ3) is 4.95. The van der Waals surface area contributed by atoms with Crippen molar-refractivity contribution in [2.45, 2.75) is 35.9 Å². The van der Waals surface area contributed by atoms with Crippen molar-refractivity contribution in [2.24, 2.45) is 0 Å². The normalized spacial score (nSPS) is 21.2. The fraction of sp³-hybridized carbons (Fsp3) is 0.290. The second kappa shape index (κ2) is 11.9. The molecule has 1 fully saturated rings. The molecule has 0 bridgehead atoms. The van der Waals surface area contributed by atoms with Gasteiger partial charge in [0.05, 0.1) is 6.61 Å². The molecule has 0 spiro atoms. The lowest BCUT2D eigenvalue weighted by molar-refractivity contribution is -0.389. The van der Waals surface area contributed by atoms with Crippen LogP contribution in [-0.4, -0.2) is 64.9 Å². The lowest BCUT2D eigenvalue weighted by Gasteiger charge is -2.48. The molecule has 10 heteroatoms. The van der Waals surface area contributed by atoms with E-state index in [0.717, 1.165) is 21.3 Å². The summed E-state index contributed by atoms with van der Waals surface area (Å²) >= 11 is 0. The van der Waals surface area contributed by atoms with E-state index in [-0.39, 0.29) is 12.4 Å². The first-order valence-electron chi connectivity index (χ1n) is 13.1. The zero-order chi connectivity index (χ0) is 29.0. The van der Waals surface area contributed by atoms with E-state index >= 15 is 0 Å². The molecule has 4 aromatic rings. The SMILES string of the molecule is COC(OC)(OC[C@H]1O[C@@H](n2ccc(N)nc2=O)[C@H](O)[C@@H]1O)C(c1ccccc1)(c1ccccc1)c1ccccc1. The Morgan fingerprint density at radius 2 is 1.32 bits per heavy atom. The number of ether oxygens (including phenoxy) is 4. The van der Waals surface area contributed by atoms with Gasteiger partial charge in [0.15, 0.2) is 6.23 Å². The van der Waals surface area contributed by atoms with Crippen LogP contribution in [0.15, 0.2) is 108 Å². The highest BCUT2D eigenvalue weighted by atomic mass is 16.9. The van der Waals surface area contributed by atoms with Gasteiger partial charge >= 0.3 is 11.7 Å². The minimum atomic E-state index is -1.79. The van der Waals surface area contributed by atoms with E-state index < -0.39 is 41.6 Å². The lowest BCUT2D eigenvalue weighted by atomic mass is 9.67. The Kier molecular flexibility index (Phi) is 8.32. The summed E-state index contributed by atoms with van der Waals surface area (Å²) in [6.45, 7) is -0.262. The van der Waals surface area contributed by atoms with Crippen LogP contribution >= 0.6 is 0 Å². The fourth-order valence-electron chi connectivity index (χ4n) is 5.62. The summed E-state index contributed by atoms with van der Waals surface area (Å²) in [5.74, 6) is -1.76. The van der Waals surface area contributed by atoms with Gasteiger partial charge in [0.25, 0.3) is 0 Å². The monoisotopic (exact) mass is 559 g/mol. The average molecular weight is 560 g/mol. The van der Waals surface area contributed by atoms with Gasteiger partial charge in [0.1, 0.15) is 29.5 Å². The third-order valence-electron chi connectivity index (χ3n) is 7.52.